The minimum Gasteiger partial charge on any atom is -0.497 e. The maximum Gasteiger partial charge on any atom is 0.397 e. The summed E-state index contributed by atoms with van der Waals surface area (Å²) >= 11 is 0. The van der Waals surface area contributed by atoms with Crippen LogP contribution in [0, 0.1) is 0 Å². The van der Waals surface area contributed by atoms with Gasteiger partial charge in [0.15, 0.2) is 12.6 Å². The average molecular weight is 716 g/mol. The molecule has 15 atom stereocenters. The van der Waals surface area contributed by atoms with E-state index < -0.39 is 122 Å². The fraction of sp³-hybridized carbons (Fsp3) is 0.741. The zero-order valence-electron chi connectivity index (χ0n) is 25.9. The lowest BCUT2D eigenvalue weighted by molar-refractivity contribution is -0.368. The quantitative estimate of drug-likeness (QED) is 0.0922. The Kier molecular flexibility index (Phi) is 12.9. The molecular formula is C27H41NO19S. The minimum atomic E-state index is -5.12. The molecule has 9 N–H and O–H groups in total. The summed E-state index contributed by atoms with van der Waals surface area (Å²) < 4.78 is 77.3. The van der Waals surface area contributed by atoms with Crippen molar-refractivity contribution in [2.45, 2.75) is 106 Å². The molecule has 1 aromatic carbocycles. The van der Waals surface area contributed by atoms with Gasteiger partial charge in [0.25, 0.3) is 0 Å². The number of carbonyl (C=O) groups is 1. The molecule has 0 saturated carbocycles. The van der Waals surface area contributed by atoms with Crippen LogP contribution in [0.5, 0.6) is 11.5 Å². The van der Waals surface area contributed by atoms with Crippen molar-refractivity contribution in [3.8, 4) is 11.5 Å². The largest absolute Gasteiger partial charge is 0.497 e. The molecule has 0 radical (unpaired) electrons. The van der Waals surface area contributed by atoms with E-state index in [1.54, 1.807) is 0 Å². The Balaban J connectivity index is 1.78. The van der Waals surface area contributed by atoms with Crippen molar-refractivity contribution in [3.05, 3.63) is 24.3 Å². The third kappa shape index (κ3) is 9.07. The minimum absolute atomic E-state index is 0.138. The van der Waals surface area contributed by atoms with Crippen LogP contribution in [0.2, 0.25) is 0 Å². The van der Waals surface area contributed by atoms with E-state index in [9.17, 15) is 53.5 Å². The highest BCUT2D eigenvalue weighted by atomic mass is 32.3. The molecule has 0 aromatic heterocycles. The molecule has 1 aromatic rings. The number of methoxy groups -OCH3 is 1. The first kappa shape index (κ1) is 38.5. The molecule has 0 bridgehead atoms. The fourth-order valence-corrected chi connectivity index (χ4v) is 5.72. The van der Waals surface area contributed by atoms with Crippen LogP contribution in [-0.2, 0) is 43.1 Å². The number of rotatable bonds is 12. The topological polar surface area (TPSA) is 299 Å². The van der Waals surface area contributed by atoms with E-state index in [0.29, 0.717) is 5.75 Å². The van der Waals surface area contributed by atoms with E-state index in [4.69, 9.17) is 33.2 Å². The molecular weight excluding hydrogens is 674 g/mol. The Morgan fingerprint density at radius 2 is 1.33 bits per heavy atom. The summed E-state index contributed by atoms with van der Waals surface area (Å²) in [5.41, 5.74) is 0. The summed E-state index contributed by atoms with van der Waals surface area (Å²) in [6.07, 6.45) is -23.8. The zero-order chi connectivity index (χ0) is 35.5. The van der Waals surface area contributed by atoms with Crippen LogP contribution in [0.15, 0.2) is 24.3 Å². The van der Waals surface area contributed by atoms with Gasteiger partial charge in [-0.25, -0.2) is 4.18 Å². The van der Waals surface area contributed by atoms with Gasteiger partial charge in [0.1, 0.15) is 78.6 Å². The molecule has 3 saturated heterocycles. The van der Waals surface area contributed by atoms with Gasteiger partial charge in [0.05, 0.1) is 26.4 Å². The van der Waals surface area contributed by atoms with Crippen LogP contribution >= 0.6 is 0 Å². The number of aliphatic hydroxyl groups excluding tert-OH is 7. The molecule has 3 heterocycles. The van der Waals surface area contributed by atoms with Crippen molar-refractivity contribution in [1.82, 2.24) is 5.32 Å². The Bertz CT molecular complexity index is 1300. The van der Waals surface area contributed by atoms with Gasteiger partial charge in [-0.3, -0.25) is 9.35 Å². The van der Waals surface area contributed by atoms with E-state index in [-0.39, 0.29) is 5.75 Å². The molecule has 1 amide bonds. The van der Waals surface area contributed by atoms with Crippen LogP contribution in [0.3, 0.4) is 0 Å². The summed E-state index contributed by atoms with van der Waals surface area (Å²) in [5.74, 6) is -0.0929. The van der Waals surface area contributed by atoms with Crippen LogP contribution in [-0.4, -0.2) is 167 Å². The van der Waals surface area contributed by atoms with E-state index in [1.165, 1.54) is 38.3 Å². The molecule has 20 nitrogen and oxygen atoms in total. The highest BCUT2D eigenvalue weighted by molar-refractivity contribution is 7.80. The molecule has 3 aliphatic heterocycles. The standard InChI is InChI=1S/C27H41NO19S/c1-10-17(31)19(33)21(35)26(42-10)47-24-16(28-11(2)30)25(43-13-6-4-12(40-3)5-7-13)45-15(9-41-48(37,38)39)23(24)46-27-22(36)20(34)18(32)14(8-29)44-27/h4-7,10,14-27,29,31-36H,8-9H2,1-3H3,(H,28,30)(H,37,38,39)/t10-,14+,15+,16+,17+,18-,19+,20-,21-,22+,23+,24+,25+,26-,27-/m0/s1. The highest BCUT2D eigenvalue weighted by Gasteiger charge is 2.55. The third-order valence-corrected chi connectivity index (χ3v) is 8.38. The normalized spacial score (nSPS) is 40.6. The second kappa shape index (κ2) is 16.1. The highest BCUT2D eigenvalue weighted by Crippen LogP contribution is 2.35. The predicted octanol–water partition coefficient (Wildman–Crippen LogP) is -4.48. The Morgan fingerprint density at radius 3 is 1.90 bits per heavy atom. The molecule has 3 aliphatic rings. The van der Waals surface area contributed by atoms with Gasteiger partial charge in [-0.15, -0.1) is 0 Å². The molecule has 0 spiro atoms. The molecule has 4 rings (SSSR count). The number of hydrogen-bond donors (Lipinski definition) is 9. The maximum atomic E-state index is 12.5. The summed E-state index contributed by atoms with van der Waals surface area (Å²) in [5, 5.41) is 75.0. The van der Waals surface area contributed by atoms with Crippen molar-refractivity contribution in [1.29, 1.82) is 0 Å². The monoisotopic (exact) mass is 715 g/mol. The summed E-state index contributed by atoms with van der Waals surface area (Å²) in [4.78, 5) is 12.5. The number of hydrogen-bond acceptors (Lipinski definition) is 18. The SMILES string of the molecule is COc1ccc(O[C@@H]2O[C@H](COS(=O)(=O)O)[C@@H](O[C@@H]3O[C@H](CO)[C@H](O)[C@H](O)[C@H]3O)[C@H](O[C@@H]3O[C@@H](C)[C@@H](O)[C@@H](O)[C@@H]3O)[C@H]2NC(C)=O)cc1. The Hall–Kier alpha value is -2.32. The number of ether oxygens (including phenoxy) is 7. The van der Waals surface area contributed by atoms with Crippen LogP contribution in [0.1, 0.15) is 13.8 Å². The lowest BCUT2D eigenvalue weighted by atomic mass is 9.94. The number of carbonyl (C=O) groups excluding carboxylic acids is 1. The lowest BCUT2D eigenvalue weighted by Gasteiger charge is -2.50. The summed E-state index contributed by atoms with van der Waals surface area (Å²) in [7, 11) is -3.69. The van der Waals surface area contributed by atoms with Gasteiger partial charge in [-0.05, 0) is 31.2 Å². The van der Waals surface area contributed by atoms with Crippen LogP contribution < -0.4 is 14.8 Å². The van der Waals surface area contributed by atoms with E-state index >= 15 is 0 Å². The van der Waals surface area contributed by atoms with Gasteiger partial charge in [0.2, 0.25) is 12.2 Å². The zero-order valence-corrected chi connectivity index (χ0v) is 26.7. The van der Waals surface area contributed by atoms with Crippen molar-refractivity contribution < 1.29 is 90.9 Å². The summed E-state index contributed by atoms with van der Waals surface area (Å²) in [6.45, 7) is 0.623. The average Bonchev–Trinajstić information content (AvgIpc) is 3.03. The van der Waals surface area contributed by atoms with Gasteiger partial charge in [-0.2, -0.15) is 8.42 Å². The Labute approximate surface area is 274 Å². The lowest BCUT2D eigenvalue weighted by Crippen LogP contribution is -2.70. The van der Waals surface area contributed by atoms with E-state index in [1.807, 2.05) is 0 Å². The molecule has 0 aliphatic carbocycles. The van der Waals surface area contributed by atoms with Crippen molar-refractivity contribution in [2.75, 3.05) is 20.3 Å². The molecule has 21 heteroatoms. The van der Waals surface area contributed by atoms with Crippen LogP contribution in [0.4, 0.5) is 0 Å². The second-order valence-electron chi connectivity index (χ2n) is 11.4. The van der Waals surface area contributed by atoms with Gasteiger partial charge in [0, 0.05) is 6.92 Å². The molecule has 0 unspecified atom stereocenters. The van der Waals surface area contributed by atoms with Gasteiger partial charge < -0.3 is 74.2 Å². The third-order valence-electron chi connectivity index (χ3n) is 7.95. The second-order valence-corrected chi connectivity index (χ2v) is 12.4. The molecule has 274 valence electrons. The predicted molar refractivity (Wildman–Crippen MR) is 153 cm³/mol. The first-order valence-electron chi connectivity index (χ1n) is 14.7. The van der Waals surface area contributed by atoms with Gasteiger partial charge >= 0.3 is 10.4 Å². The number of amides is 1. The van der Waals surface area contributed by atoms with Crippen molar-refractivity contribution >= 4 is 16.3 Å². The Morgan fingerprint density at radius 1 is 0.792 bits per heavy atom. The smallest absolute Gasteiger partial charge is 0.397 e. The number of aliphatic hydroxyl groups is 7. The van der Waals surface area contributed by atoms with Gasteiger partial charge in [-0.1, -0.05) is 0 Å². The summed E-state index contributed by atoms with van der Waals surface area (Å²) in [6, 6.07) is 4.54. The van der Waals surface area contributed by atoms with Crippen molar-refractivity contribution in [2.24, 2.45) is 0 Å². The number of nitrogens with one attached hydrogen (secondary N) is 1. The first-order valence-corrected chi connectivity index (χ1v) is 16.1. The van der Waals surface area contributed by atoms with Crippen molar-refractivity contribution in [3.63, 3.8) is 0 Å². The van der Waals surface area contributed by atoms with E-state index in [0.717, 1.165) is 6.92 Å². The molecule has 3 fully saturated rings. The fourth-order valence-electron chi connectivity index (χ4n) is 5.41. The maximum absolute atomic E-state index is 12.5. The number of benzene rings is 1. The van der Waals surface area contributed by atoms with Crippen LogP contribution in [0.25, 0.3) is 0 Å². The van der Waals surface area contributed by atoms with E-state index in [2.05, 4.69) is 9.50 Å². The molecule has 48 heavy (non-hydrogen) atoms. The first-order chi connectivity index (χ1) is 22.5.